The second-order valence-electron chi connectivity index (χ2n) is 4.81. The number of aromatic amines is 1. The first kappa shape index (κ1) is 9.83. The summed E-state index contributed by atoms with van der Waals surface area (Å²) >= 11 is 0. The molecule has 2 aromatic heterocycles. The van der Waals surface area contributed by atoms with E-state index in [9.17, 15) is 0 Å². The maximum Gasteiger partial charge on any atom is 0.116 e. The van der Waals surface area contributed by atoms with E-state index in [1.165, 1.54) is 27.7 Å². The molecule has 0 amide bonds. The Hall–Kier alpha value is -2.16. The second kappa shape index (κ2) is 3.42. The molecule has 0 saturated heterocycles. The van der Waals surface area contributed by atoms with Crippen LogP contribution in [0.2, 0.25) is 0 Å². The lowest BCUT2D eigenvalue weighted by Crippen LogP contribution is -2.07. The third kappa shape index (κ3) is 1.19. The molecular formula is C15H13N3. The van der Waals surface area contributed by atoms with Crippen molar-refractivity contribution >= 4 is 10.9 Å². The van der Waals surface area contributed by atoms with Crippen LogP contribution in [0.15, 0.2) is 30.6 Å². The van der Waals surface area contributed by atoms with E-state index < -0.39 is 0 Å². The lowest BCUT2D eigenvalue weighted by atomic mass is 9.92. The molecule has 0 bridgehead atoms. The third-order valence-corrected chi connectivity index (χ3v) is 3.84. The van der Waals surface area contributed by atoms with Crippen LogP contribution in [0.5, 0.6) is 0 Å². The van der Waals surface area contributed by atoms with Gasteiger partial charge in [0.1, 0.15) is 6.33 Å². The molecule has 88 valence electrons. The average Bonchev–Trinajstić information content (AvgIpc) is 2.78. The predicted octanol–water partition coefficient (Wildman–Crippen LogP) is 3.03. The molecule has 1 aliphatic rings. The van der Waals surface area contributed by atoms with E-state index in [0.717, 1.165) is 24.2 Å². The van der Waals surface area contributed by atoms with Crippen LogP contribution < -0.4 is 0 Å². The number of aryl methyl sites for hydroxylation is 2. The molecule has 3 nitrogen and oxygen atoms in total. The number of H-pyrrole nitrogens is 1. The van der Waals surface area contributed by atoms with Crippen molar-refractivity contribution in [2.24, 2.45) is 0 Å². The minimum atomic E-state index is 1.04. The molecule has 3 aromatic rings. The molecule has 1 aromatic carbocycles. The first-order valence-corrected chi connectivity index (χ1v) is 6.25. The Labute approximate surface area is 105 Å². The predicted molar refractivity (Wildman–Crippen MR) is 71.5 cm³/mol. The Morgan fingerprint density at radius 3 is 2.83 bits per heavy atom. The van der Waals surface area contributed by atoms with Gasteiger partial charge in [-0.15, -0.1) is 0 Å². The standard InChI is InChI=1S/C15H13N3/c1-9-10-6-7-12-11-4-2-3-5-13(11)18-15(12)14(10)17-8-16-9/h2-5,8,18H,6-7H2,1H3. The Morgan fingerprint density at radius 1 is 1.06 bits per heavy atom. The maximum atomic E-state index is 4.47. The normalized spacial score (nSPS) is 13.4. The summed E-state index contributed by atoms with van der Waals surface area (Å²) in [5.41, 5.74) is 7.26. The van der Waals surface area contributed by atoms with E-state index in [0.29, 0.717) is 0 Å². The summed E-state index contributed by atoms with van der Waals surface area (Å²) < 4.78 is 0. The second-order valence-corrected chi connectivity index (χ2v) is 4.81. The van der Waals surface area contributed by atoms with Gasteiger partial charge in [-0.3, -0.25) is 0 Å². The molecular weight excluding hydrogens is 222 g/mol. The highest BCUT2D eigenvalue weighted by Gasteiger charge is 2.22. The van der Waals surface area contributed by atoms with Crippen LogP contribution in [0, 0.1) is 6.92 Å². The topological polar surface area (TPSA) is 41.6 Å². The number of para-hydroxylation sites is 1. The fourth-order valence-electron chi connectivity index (χ4n) is 2.93. The lowest BCUT2D eigenvalue weighted by molar-refractivity contribution is 0.892. The van der Waals surface area contributed by atoms with Crippen LogP contribution >= 0.6 is 0 Å². The zero-order valence-corrected chi connectivity index (χ0v) is 10.2. The van der Waals surface area contributed by atoms with E-state index in [2.05, 4.69) is 46.1 Å². The number of rotatable bonds is 0. The Kier molecular flexibility index (Phi) is 1.87. The van der Waals surface area contributed by atoms with Crippen molar-refractivity contribution in [2.45, 2.75) is 19.8 Å². The fraction of sp³-hybridized carbons (Fsp3) is 0.200. The summed E-state index contributed by atoms with van der Waals surface area (Å²) in [4.78, 5) is 12.3. The van der Waals surface area contributed by atoms with E-state index in [4.69, 9.17) is 0 Å². The van der Waals surface area contributed by atoms with Gasteiger partial charge < -0.3 is 4.98 Å². The Bertz CT molecular complexity index is 756. The van der Waals surface area contributed by atoms with Crippen molar-refractivity contribution in [2.75, 3.05) is 0 Å². The molecule has 4 rings (SSSR count). The summed E-state index contributed by atoms with van der Waals surface area (Å²) in [6, 6.07) is 8.47. The fourth-order valence-corrected chi connectivity index (χ4v) is 2.93. The first-order chi connectivity index (χ1) is 8.84. The van der Waals surface area contributed by atoms with Gasteiger partial charge in [0.05, 0.1) is 11.4 Å². The SMILES string of the molecule is Cc1ncnc2c1CCc1c-2[nH]c2ccccc12. The van der Waals surface area contributed by atoms with Crippen molar-refractivity contribution in [1.29, 1.82) is 0 Å². The quantitative estimate of drug-likeness (QED) is 0.650. The molecule has 0 spiro atoms. The number of nitrogens with one attached hydrogen (secondary N) is 1. The molecule has 2 heterocycles. The van der Waals surface area contributed by atoms with E-state index in [1.807, 2.05) is 0 Å². The molecule has 0 fully saturated rings. The van der Waals surface area contributed by atoms with Crippen LogP contribution in [0.25, 0.3) is 22.3 Å². The van der Waals surface area contributed by atoms with Gasteiger partial charge in [0.2, 0.25) is 0 Å². The molecule has 0 saturated carbocycles. The van der Waals surface area contributed by atoms with Crippen molar-refractivity contribution in [1.82, 2.24) is 15.0 Å². The molecule has 0 unspecified atom stereocenters. The number of hydrogen-bond acceptors (Lipinski definition) is 2. The summed E-state index contributed by atoms with van der Waals surface area (Å²) in [6.07, 6.45) is 3.77. The third-order valence-electron chi connectivity index (χ3n) is 3.84. The van der Waals surface area contributed by atoms with Gasteiger partial charge in [-0.05, 0) is 31.4 Å². The summed E-state index contributed by atoms with van der Waals surface area (Å²) in [6.45, 7) is 2.06. The molecule has 0 radical (unpaired) electrons. The van der Waals surface area contributed by atoms with E-state index >= 15 is 0 Å². The largest absolute Gasteiger partial charge is 0.353 e. The van der Waals surface area contributed by atoms with E-state index in [-0.39, 0.29) is 0 Å². The van der Waals surface area contributed by atoms with Crippen LogP contribution in [0.1, 0.15) is 16.8 Å². The smallest absolute Gasteiger partial charge is 0.116 e. The summed E-state index contributed by atoms with van der Waals surface area (Å²) in [5.74, 6) is 0. The highest BCUT2D eigenvalue weighted by Crippen LogP contribution is 2.36. The molecule has 1 aliphatic carbocycles. The highest BCUT2D eigenvalue weighted by atomic mass is 14.9. The zero-order valence-electron chi connectivity index (χ0n) is 10.2. The van der Waals surface area contributed by atoms with Gasteiger partial charge in [0.15, 0.2) is 0 Å². The lowest BCUT2D eigenvalue weighted by Gasteiger charge is -2.16. The molecule has 1 N–H and O–H groups in total. The van der Waals surface area contributed by atoms with Crippen molar-refractivity contribution in [3.63, 3.8) is 0 Å². The first-order valence-electron chi connectivity index (χ1n) is 6.25. The molecule has 3 heteroatoms. The average molecular weight is 235 g/mol. The molecule has 0 aliphatic heterocycles. The van der Waals surface area contributed by atoms with Crippen LogP contribution in [0.4, 0.5) is 0 Å². The number of nitrogens with zero attached hydrogens (tertiary/aromatic N) is 2. The highest BCUT2D eigenvalue weighted by molar-refractivity contribution is 5.91. The van der Waals surface area contributed by atoms with Gasteiger partial charge in [-0.25, -0.2) is 9.97 Å². The Morgan fingerprint density at radius 2 is 1.89 bits per heavy atom. The minimum Gasteiger partial charge on any atom is -0.353 e. The molecule has 18 heavy (non-hydrogen) atoms. The van der Waals surface area contributed by atoms with Gasteiger partial charge >= 0.3 is 0 Å². The van der Waals surface area contributed by atoms with Gasteiger partial charge in [-0.2, -0.15) is 0 Å². The van der Waals surface area contributed by atoms with Crippen molar-refractivity contribution in [3.8, 4) is 11.4 Å². The summed E-state index contributed by atoms with van der Waals surface area (Å²) in [5, 5.41) is 1.33. The maximum absolute atomic E-state index is 4.47. The minimum absolute atomic E-state index is 1.04. The van der Waals surface area contributed by atoms with Crippen LogP contribution in [-0.2, 0) is 12.8 Å². The number of fused-ring (bicyclic) bond motifs is 5. The number of hydrogen-bond donors (Lipinski definition) is 1. The van der Waals surface area contributed by atoms with Crippen molar-refractivity contribution in [3.05, 3.63) is 47.4 Å². The number of aromatic nitrogens is 3. The van der Waals surface area contributed by atoms with Crippen LogP contribution in [-0.4, -0.2) is 15.0 Å². The summed E-state index contributed by atoms with van der Waals surface area (Å²) in [7, 11) is 0. The molecule has 0 atom stereocenters. The van der Waals surface area contributed by atoms with Gasteiger partial charge in [-0.1, -0.05) is 18.2 Å². The van der Waals surface area contributed by atoms with E-state index in [1.54, 1.807) is 6.33 Å². The number of benzene rings is 1. The Balaban J connectivity index is 2.09. The van der Waals surface area contributed by atoms with Gasteiger partial charge in [0.25, 0.3) is 0 Å². The monoisotopic (exact) mass is 235 g/mol. The van der Waals surface area contributed by atoms with Crippen molar-refractivity contribution < 1.29 is 0 Å². The zero-order chi connectivity index (χ0) is 12.1. The van der Waals surface area contributed by atoms with Gasteiger partial charge in [0, 0.05) is 22.2 Å². The van der Waals surface area contributed by atoms with Crippen LogP contribution in [0.3, 0.4) is 0 Å².